The van der Waals surface area contributed by atoms with Crippen molar-refractivity contribution in [1.82, 2.24) is 14.8 Å². The summed E-state index contributed by atoms with van der Waals surface area (Å²) in [5.74, 6) is 0.911. The molecule has 0 aliphatic heterocycles. The van der Waals surface area contributed by atoms with Crippen molar-refractivity contribution in [2.24, 2.45) is 17.8 Å². The molecule has 0 spiro atoms. The highest BCUT2D eigenvalue weighted by molar-refractivity contribution is 7.99. The molecule has 0 fully saturated rings. The second-order valence-corrected chi connectivity index (χ2v) is 6.23. The number of hydrogen-bond donors (Lipinski definition) is 2. The Hall–Kier alpha value is -1.24. The lowest BCUT2D eigenvalue weighted by molar-refractivity contribution is -0.133. The van der Waals surface area contributed by atoms with Crippen LogP contribution in [0.25, 0.3) is 0 Å². The normalized spacial score (nSPS) is 11.7. The minimum Gasteiger partial charge on any atom is -0.481 e. The van der Waals surface area contributed by atoms with Gasteiger partial charge in [0.1, 0.15) is 0 Å². The first kappa shape index (κ1) is 15.8. The summed E-state index contributed by atoms with van der Waals surface area (Å²) in [6, 6.07) is 0. The Morgan fingerprint density at radius 2 is 1.89 bits per heavy atom. The molecule has 0 amide bonds. The molecule has 7 heteroatoms. The number of aliphatic carboxylic acids is 1. The van der Waals surface area contributed by atoms with Crippen LogP contribution in [0.3, 0.4) is 0 Å². The third kappa shape index (κ3) is 4.41. The Morgan fingerprint density at radius 1 is 1.32 bits per heavy atom. The predicted octanol–water partition coefficient (Wildman–Crippen LogP) is 1.97. The lowest BCUT2D eigenvalue weighted by atomic mass is 9.85. The number of carboxylic acid groups (broad SMARTS) is 1. The van der Waals surface area contributed by atoms with Crippen molar-refractivity contribution in [1.29, 1.82) is 0 Å². The molecular formula is C12H22N4O2S. The molecule has 1 heterocycles. The third-order valence-corrected chi connectivity index (χ3v) is 4.13. The van der Waals surface area contributed by atoms with Crippen LogP contribution in [0, 0.1) is 17.8 Å². The number of hydrogen-bond acceptors (Lipinski definition) is 5. The van der Waals surface area contributed by atoms with Crippen molar-refractivity contribution in [3.63, 3.8) is 0 Å². The molecular weight excluding hydrogens is 264 g/mol. The zero-order valence-corrected chi connectivity index (χ0v) is 12.6. The quantitative estimate of drug-likeness (QED) is 0.744. The Kier molecular flexibility index (Phi) is 5.65. The summed E-state index contributed by atoms with van der Waals surface area (Å²) >= 11 is 1.15. The fraction of sp³-hybridized carbons (Fsp3) is 0.750. The number of nitrogen functional groups attached to an aromatic ring is 1. The Balaban J connectivity index is 2.86. The molecule has 0 bridgehead atoms. The van der Waals surface area contributed by atoms with E-state index in [4.69, 9.17) is 10.8 Å². The van der Waals surface area contributed by atoms with Gasteiger partial charge in [-0.15, -0.1) is 10.2 Å². The van der Waals surface area contributed by atoms with Crippen molar-refractivity contribution >= 4 is 23.7 Å². The van der Waals surface area contributed by atoms with E-state index in [-0.39, 0.29) is 5.75 Å². The number of carbonyl (C=O) groups is 1. The summed E-state index contributed by atoms with van der Waals surface area (Å²) in [6.07, 6.45) is 0. The molecule has 0 aliphatic rings. The molecule has 108 valence electrons. The summed E-state index contributed by atoms with van der Waals surface area (Å²) in [5, 5.41) is 17.1. The van der Waals surface area contributed by atoms with Gasteiger partial charge in [-0.25, -0.2) is 0 Å². The van der Waals surface area contributed by atoms with Crippen LogP contribution >= 0.6 is 11.8 Å². The maximum atomic E-state index is 10.6. The SMILES string of the molecule is CC(C)C(Cn1c(N)nnc1SCC(=O)O)C(C)C. The summed E-state index contributed by atoms with van der Waals surface area (Å²) in [7, 11) is 0. The molecule has 0 saturated carbocycles. The minimum absolute atomic E-state index is 0.0356. The van der Waals surface area contributed by atoms with Crippen LogP contribution in [0.4, 0.5) is 5.95 Å². The largest absolute Gasteiger partial charge is 0.481 e. The van der Waals surface area contributed by atoms with E-state index in [1.807, 2.05) is 4.57 Å². The monoisotopic (exact) mass is 286 g/mol. The summed E-state index contributed by atoms with van der Waals surface area (Å²) in [5.41, 5.74) is 5.82. The van der Waals surface area contributed by atoms with Gasteiger partial charge in [0.15, 0.2) is 5.16 Å². The highest BCUT2D eigenvalue weighted by Gasteiger charge is 2.21. The molecule has 0 radical (unpaired) electrons. The molecule has 6 nitrogen and oxygen atoms in total. The molecule has 0 aliphatic carbocycles. The van der Waals surface area contributed by atoms with E-state index in [9.17, 15) is 4.79 Å². The van der Waals surface area contributed by atoms with Gasteiger partial charge in [-0.1, -0.05) is 39.5 Å². The standard InChI is InChI=1S/C12H22N4O2S/c1-7(2)9(8(3)4)5-16-11(13)14-15-12(16)19-6-10(17)18/h7-9H,5-6H2,1-4H3,(H2,13,14)(H,17,18). The van der Waals surface area contributed by atoms with Crippen LogP contribution in [-0.4, -0.2) is 31.6 Å². The highest BCUT2D eigenvalue weighted by Crippen LogP contribution is 2.26. The van der Waals surface area contributed by atoms with Crippen LogP contribution < -0.4 is 5.73 Å². The number of carboxylic acids is 1. The molecule has 0 saturated heterocycles. The van der Waals surface area contributed by atoms with Gasteiger partial charge in [-0.05, 0) is 17.8 Å². The average molecular weight is 286 g/mol. The van der Waals surface area contributed by atoms with Gasteiger partial charge < -0.3 is 10.8 Å². The first-order valence-electron chi connectivity index (χ1n) is 6.36. The van der Waals surface area contributed by atoms with Crippen LogP contribution in [0.5, 0.6) is 0 Å². The maximum absolute atomic E-state index is 10.6. The number of nitrogens with two attached hydrogens (primary N) is 1. The van der Waals surface area contributed by atoms with E-state index in [1.54, 1.807) is 0 Å². The molecule has 0 atom stereocenters. The number of aromatic nitrogens is 3. The number of rotatable bonds is 7. The van der Waals surface area contributed by atoms with E-state index in [0.717, 1.165) is 18.3 Å². The first-order valence-corrected chi connectivity index (χ1v) is 7.34. The molecule has 1 aromatic heterocycles. The van der Waals surface area contributed by atoms with Crippen LogP contribution in [0.15, 0.2) is 5.16 Å². The van der Waals surface area contributed by atoms with Crippen molar-refractivity contribution in [2.75, 3.05) is 11.5 Å². The van der Waals surface area contributed by atoms with Crippen LogP contribution in [0.2, 0.25) is 0 Å². The summed E-state index contributed by atoms with van der Waals surface area (Å²) < 4.78 is 1.82. The number of anilines is 1. The average Bonchev–Trinajstić information content (AvgIpc) is 2.63. The third-order valence-electron chi connectivity index (χ3n) is 3.18. The highest BCUT2D eigenvalue weighted by atomic mass is 32.2. The minimum atomic E-state index is -0.873. The summed E-state index contributed by atoms with van der Waals surface area (Å²) in [4.78, 5) is 10.6. The smallest absolute Gasteiger partial charge is 0.313 e. The molecule has 1 aromatic rings. The Morgan fingerprint density at radius 3 is 2.37 bits per heavy atom. The molecule has 0 unspecified atom stereocenters. The van der Waals surface area contributed by atoms with Gasteiger partial charge in [0.05, 0.1) is 5.75 Å². The van der Waals surface area contributed by atoms with E-state index in [0.29, 0.717) is 28.9 Å². The van der Waals surface area contributed by atoms with Gasteiger partial charge in [0, 0.05) is 6.54 Å². The molecule has 3 N–H and O–H groups in total. The fourth-order valence-electron chi connectivity index (χ4n) is 2.11. The molecule has 19 heavy (non-hydrogen) atoms. The Labute approximate surface area is 117 Å². The molecule has 0 aromatic carbocycles. The second-order valence-electron chi connectivity index (χ2n) is 5.29. The van der Waals surface area contributed by atoms with Crippen molar-refractivity contribution in [3.05, 3.63) is 0 Å². The van der Waals surface area contributed by atoms with Crippen molar-refractivity contribution in [2.45, 2.75) is 39.4 Å². The summed E-state index contributed by atoms with van der Waals surface area (Å²) in [6.45, 7) is 9.42. The van der Waals surface area contributed by atoms with Gasteiger partial charge in [0.2, 0.25) is 5.95 Å². The van der Waals surface area contributed by atoms with Crippen molar-refractivity contribution < 1.29 is 9.90 Å². The van der Waals surface area contributed by atoms with Gasteiger partial charge in [-0.3, -0.25) is 9.36 Å². The van der Waals surface area contributed by atoms with E-state index < -0.39 is 5.97 Å². The first-order chi connectivity index (χ1) is 8.82. The number of nitrogens with zero attached hydrogens (tertiary/aromatic N) is 3. The van der Waals surface area contributed by atoms with Gasteiger partial charge in [0.25, 0.3) is 0 Å². The lowest BCUT2D eigenvalue weighted by Gasteiger charge is -2.25. The Bertz CT molecular complexity index is 423. The van der Waals surface area contributed by atoms with Crippen molar-refractivity contribution in [3.8, 4) is 0 Å². The number of thioether (sulfide) groups is 1. The topological polar surface area (TPSA) is 94.0 Å². The van der Waals surface area contributed by atoms with E-state index >= 15 is 0 Å². The second kappa shape index (κ2) is 6.79. The fourth-order valence-corrected chi connectivity index (χ4v) is 2.78. The van der Waals surface area contributed by atoms with Gasteiger partial charge in [-0.2, -0.15) is 0 Å². The maximum Gasteiger partial charge on any atom is 0.313 e. The zero-order chi connectivity index (χ0) is 14.6. The predicted molar refractivity (Wildman–Crippen MR) is 76.0 cm³/mol. The lowest BCUT2D eigenvalue weighted by Crippen LogP contribution is -2.23. The van der Waals surface area contributed by atoms with E-state index in [1.165, 1.54) is 0 Å². The van der Waals surface area contributed by atoms with Crippen LogP contribution in [-0.2, 0) is 11.3 Å². The zero-order valence-electron chi connectivity index (χ0n) is 11.8. The van der Waals surface area contributed by atoms with E-state index in [2.05, 4.69) is 37.9 Å². The van der Waals surface area contributed by atoms with Gasteiger partial charge >= 0.3 is 5.97 Å². The van der Waals surface area contributed by atoms with Crippen LogP contribution in [0.1, 0.15) is 27.7 Å². The molecule has 1 rings (SSSR count).